The molecule has 0 aliphatic heterocycles. The van der Waals surface area contributed by atoms with E-state index in [0.29, 0.717) is 0 Å². The molecular formula is C18H23N. The molecule has 1 heteroatoms. The van der Waals surface area contributed by atoms with E-state index in [4.69, 9.17) is 5.73 Å². The van der Waals surface area contributed by atoms with E-state index in [1.807, 2.05) is 6.07 Å². The highest BCUT2D eigenvalue weighted by atomic mass is 14.7. The van der Waals surface area contributed by atoms with Crippen LogP contribution in [0.25, 0.3) is 0 Å². The smallest absolute Gasteiger partial charge is 0.0349 e. The summed E-state index contributed by atoms with van der Waals surface area (Å²) in [5, 5.41) is 0. The van der Waals surface area contributed by atoms with Gasteiger partial charge in [0, 0.05) is 6.04 Å². The average molecular weight is 253 g/mol. The van der Waals surface area contributed by atoms with Crippen molar-refractivity contribution >= 4 is 0 Å². The molecular weight excluding hydrogens is 230 g/mol. The van der Waals surface area contributed by atoms with Crippen LogP contribution in [0, 0.1) is 12.3 Å². The fourth-order valence-electron chi connectivity index (χ4n) is 2.52. The highest BCUT2D eigenvalue weighted by Crippen LogP contribution is 2.35. The summed E-state index contributed by atoms with van der Waals surface area (Å²) in [6.45, 7) is 6.66. The summed E-state index contributed by atoms with van der Waals surface area (Å²) in [4.78, 5) is 0. The number of hydrogen-bond donors (Lipinski definition) is 1. The lowest BCUT2D eigenvalue weighted by Crippen LogP contribution is -2.31. The molecule has 2 rings (SSSR count). The molecule has 0 amide bonds. The molecule has 100 valence electrons. The Bertz CT molecular complexity index is 528. The Balaban J connectivity index is 2.21. The third-order valence-corrected chi connectivity index (χ3v) is 3.91. The minimum Gasteiger partial charge on any atom is -0.323 e. The first-order valence-electron chi connectivity index (χ1n) is 6.86. The van der Waals surface area contributed by atoms with E-state index in [9.17, 15) is 0 Å². The van der Waals surface area contributed by atoms with Crippen LogP contribution in [-0.2, 0) is 6.42 Å². The quantitative estimate of drug-likeness (QED) is 0.865. The molecule has 1 nitrogen and oxygen atoms in total. The van der Waals surface area contributed by atoms with Crippen LogP contribution in [0.15, 0.2) is 54.6 Å². The Morgan fingerprint density at radius 3 is 2.16 bits per heavy atom. The van der Waals surface area contributed by atoms with Crippen LogP contribution in [-0.4, -0.2) is 0 Å². The number of hydrogen-bond acceptors (Lipinski definition) is 1. The second-order valence-corrected chi connectivity index (χ2v) is 5.98. The lowest BCUT2D eigenvalue weighted by molar-refractivity contribution is 0.287. The van der Waals surface area contributed by atoms with Gasteiger partial charge in [-0.1, -0.05) is 68.4 Å². The molecule has 0 aliphatic carbocycles. The summed E-state index contributed by atoms with van der Waals surface area (Å²) in [6, 6.07) is 19.0. The van der Waals surface area contributed by atoms with Gasteiger partial charge >= 0.3 is 0 Å². The zero-order valence-corrected chi connectivity index (χ0v) is 12.1. The standard InChI is InChI=1S/C18H23N/c1-14-9-7-8-12-16(14)13-18(2,3)17(19)15-10-5-4-6-11-15/h4-12,17H,13,19H2,1-3H3. The molecule has 0 saturated carbocycles. The molecule has 19 heavy (non-hydrogen) atoms. The lowest BCUT2D eigenvalue weighted by atomic mass is 9.76. The van der Waals surface area contributed by atoms with Gasteiger partial charge in [0.1, 0.15) is 0 Å². The predicted octanol–water partition coefficient (Wildman–Crippen LogP) is 4.26. The fourth-order valence-corrected chi connectivity index (χ4v) is 2.52. The Kier molecular flexibility index (Phi) is 4.06. The molecule has 2 aromatic rings. The van der Waals surface area contributed by atoms with Gasteiger partial charge in [0.2, 0.25) is 0 Å². The molecule has 0 fully saturated rings. The highest BCUT2D eigenvalue weighted by molar-refractivity contribution is 5.28. The second-order valence-electron chi connectivity index (χ2n) is 5.98. The largest absolute Gasteiger partial charge is 0.323 e. The summed E-state index contributed by atoms with van der Waals surface area (Å²) in [7, 11) is 0. The van der Waals surface area contributed by atoms with Crippen LogP contribution < -0.4 is 5.73 Å². The summed E-state index contributed by atoms with van der Waals surface area (Å²) in [5.74, 6) is 0. The van der Waals surface area contributed by atoms with Crippen molar-refractivity contribution in [2.75, 3.05) is 0 Å². The van der Waals surface area contributed by atoms with Crippen molar-refractivity contribution in [3.63, 3.8) is 0 Å². The molecule has 2 N–H and O–H groups in total. The van der Waals surface area contributed by atoms with Crippen LogP contribution in [0.5, 0.6) is 0 Å². The van der Waals surface area contributed by atoms with E-state index in [1.165, 1.54) is 16.7 Å². The number of aryl methyl sites for hydroxylation is 1. The Morgan fingerprint density at radius 2 is 1.53 bits per heavy atom. The third kappa shape index (κ3) is 3.24. The zero-order valence-electron chi connectivity index (χ0n) is 12.1. The van der Waals surface area contributed by atoms with Crippen molar-refractivity contribution < 1.29 is 0 Å². The van der Waals surface area contributed by atoms with Crippen molar-refractivity contribution in [2.45, 2.75) is 33.2 Å². The van der Waals surface area contributed by atoms with Crippen molar-refractivity contribution in [2.24, 2.45) is 11.1 Å². The van der Waals surface area contributed by atoms with E-state index in [-0.39, 0.29) is 11.5 Å². The van der Waals surface area contributed by atoms with E-state index in [0.717, 1.165) is 6.42 Å². The van der Waals surface area contributed by atoms with E-state index in [2.05, 4.69) is 69.3 Å². The molecule has 0 heterocycles. The van der Waals surface area contributed by atoms with E-state index >= 15 is 0 Å². The lowest BCUT2D eigenvalue weighted by Gasteiger charge is -2.32. The van der Waals surface area contributed by atoms with Gasteiger partial charge in [-0.3, -0.25) is 0 Å². The summed E-state index contributed by atoms with van der Waals surface area (Å²) < 4.78 is 0. The van der Waals surface area contributed by atoms with Gasteiger partial charge in [-0.15, -0.1) is 0 Å². The fraction of sp³-hybridized carbons (Fsp3) is 0.333. The van der Waals surface area contributed by atoms with Gasteiger partial charge in [-0.2, -0.15) is 0 Å². The SMILES string of the molecule is Cc1ccccc1CC(C)(C)C(N)c1ccccc1. The molecule has 0 bridgehead atoms. The van der Waals surface area contributed by atoms with Crippen LogP contribution >= 0.6 is 0 Å². The molecule has 1 atom stereocenters. The summed E-state index contributed by atoms with van der Waals surface area (Å²) >= 11 is 0. The third-order valence-electron chi connectivity index (χ3n) is 3.91. The number of rotatable bonds is 4. The molecule has 0 radical (unpaired) electrons. The molecule has 1 unspecified atom stereocenters. The maximum absolute atomic E-state index is 6.47. The average Bonchev–Trinajstić information content (AvgIpc) is 2.41. The van der Waals surface area contributed by atoms with Crippen molar-refractivity contribution in [3.05, 3.63) is 71.3 Å². The van der Waals surface area contributed by atoms with E-state index in [1.54, 1.807) is 0 Å². The first-order valence-corrected chi connectivity index (χ1v) is 6.86. The van der Waals surface area contributed by atoms with Gasteiger partial charge < -0.3 is 5.73 Å². The monoisotopic (exact) mass is 253 g/mol. The molecule has 0 aliphatic rings. The van der Waals surface area contributed by atoms with Gasteiger partial charge in [-0.25, -0.2) is 0 Å². The van der Waals surface area contributed by atoms with Crippen LogP contribution in [0.3, 0.4) is 0 Å². The maximum Gasteiger partial charge on any atom is 0.0349 e. The van der Waals surface area contributed by atoms with Crippen LogP contribution in [0.4, 0.5) is 0 Å². The Labute approximate surface area is 116 Å². The topological polar surface area (TPSA) is 26.0 Å². The normalized spacial score (nSPS) is 13.3. The van der Waals surface area contributed by atoms with E-state index < -0.39 is 0 Å². The van der Waals surface area contributed by atoms with Gasteiger partial charge in [-0.05, 0) is 35.4 Å². The van der Waals surface area contributed by atoms with Gasteiger partial charge in [0.05, 0.1) is 0 Å². The second kappa shape index (κ2) is 5.58. The molecule has 0 aromatic heterocycles. The van der Waals surface area contributed by atoms with Crippen molar-refractivity contribution in [3.8, 4) is 0 Å². The summed E-state index contributed by atoms with van der Waals surface area (Å²) in [6.07, 6.45) is 0.996. The number of nitrogens with two attached hydrogens (primary N) is 1. The predicted molar refractivity (Wildman–Crippen MR) is 82.0 cm³/mol. The van der Waals surface area contributed by atoms with Crippen LogP contribution in [0.1, 0.15) is 36.6 Å². The molecule has 0 saturated heterocycles. The van der Waals surface area contributed by atoms with Gasteiger partial charge in [0.15, 0.2) is 0 Å². The maximum atomic E-state index is 6.47. The zero-order chi connectivity index (χ0) is 13.9. The first-order chi connectivity index (χ1) is 9.00. The van der Waals surface area contributed by atoms with Crippen molar-refractivity contribution in [1.29, 1.82) is 0 Å². The van der Waals surface area contributed by atoms with Gasteiger partial charge in [0.25, 0.3) is 0 Å². The number of benzene rings is 2. The van der Waals surface area contributed by atoms with Crippen LogP contribution in [0.2, 0.25) is 0 Å². The Morgan fingerprint density at radius 1 is 0.947 bits per heavy atom. The molecule has 2 aromatic carbocycles. The Hall–Kier alpha value is -1.60. The minimum atomic E-state index is 0.0352. The minimum absolute atomic E-state index is 0.0352. The highest BCUT2D eigenvalue weighted by Gasteiger charge is 2.28. The van der Waals surface area contributed by atoms with Crippen molar-refractivity contribution in [1.82, 2.24) is 0 Å². The molecule has 0 spiro atoms. The summed E-state index contributed by atoms with van der Waals surface area (Å²) in [5.41, 5.74) is 10.4. The first kappa shape index (κ1) is 13.8.